The van der Waals surface area contributed by atoms with E-state index in [0.29, 0.717) is 16.7 Å². The van der Waals surface area contributed by atoms with Gasteiger partial charge >= 0.3 is 0 Å². The lowest BCUT2D eigenvalue weighted by Gasteiger charge is -2.10. The van der Waals surface area contributed by atoms with Crippen LogP contribution in [-0.2, 0) is 0 Å². The second-order valence-corrected chi connectivity index (χ2v) is 5.67. The lowest BCUT2D eigenvalue weighted by atomic mass is 10.3. The molecule has 0 amide bonds. The highest BCUT2D eigenvalue weighted by molar-refractivity contribution is 6.33. The van der Waals surface area contributed by atoms with Gasteiger partial charge in [0, 0.05) is 24.3 Å². The average Bonchev–Trinajstić information content (AvgIpc) is 3.06. The first-order valence-corrected chi connectivity index (χ1v) is 7.74. The molecule has 0 atom stereocenters. The zero-order valence-corrected chi connectivity index (χ0v) is 13.6. The van der Waals surface area contributed by atoms with Crippen LogP contribution in [0.5, 0.6) is 0 Å². The van der Waals surface area contributed by atoms with Gasteiger partial charge in [0.2, 0.25) is 5.82 Å². The number of aromatic nitrogens is 5. The fraction of sp³-hybridized carbons (Fsp3) is 0.0588. The van der Waals surface area contributed by atoms with Crippen LogP contribution >= 0.6 is 11.6 Å². The molecule has 6 nitrogen and oxygen atoms in total. The van der Waals surface area contributed by atoms with Crippen LogP contribution in [0.15, 0.2) is 55.0 Å². The number of pyridine rings is 2. The normalized spacial score (nSPS) is 10.9. The average molecular weight is 337 g/mol. The van der Waals surface area contributed by atoms with Crippen LogP contribution in [0.25, 0.3) is 17.0 Å². The third-order valence-corrected chi connectivity index (χ3v) is 3.84. The van der Waals surface area contributed by atoms with Crippen molar-refractivity contribution < 1.29 is 0 Å². The van der Waals surface area contributed by atoms with Crippen LogP contribution < -0.4 is 5.32 Å². The molecule has 0 aliphatic carbocycles. The molecule has 7 heteroatoms. The largest absolute Gasteiger partial charge is 0.337 e. The van der Waals surface area contributed by atoms with Crippen LogP contribution in [0, 0.1) is 6.92 Å². The van der Waals surface area contributed by atoms with E-state index >= 15 is 0 Å². The lowest BCUT2D eigenvalue weighted by molar-refractivity contribution is 0.908. The van der Waals surface area contributed by atoms with Gasteiger partial charge in [-0.3, -0.25) is 4.98 Å². The van der Waals surface area contributed by atoms with Gasteiger partial charge in [0.25, 0.3) is 0 Å². The number of fused-ring (bicyclic) bond motifs is 1. The summed E-state index contributed by atoms with van der Waals surface area (Å²) in [4.78, 5) is 13.1. The van der Waals surface area contributed by atoms with Gasteiger partial charge in [-0.25, -0.2) is 14.5 Å². The Hall–Kier alpha value is -2.99. The quantitative estimate of drug-likeness (QED) is 0.614. The van der Waals surface area contributed by atoms with Crippen LogP contribution in [-0.4, -0.2) is 24.6 Å². The Morgan fingerprint density at radius 2 is 2.00 bits per heavy atom. The van der Waals surface area contributed by atoms with Crippen molar-refractivity contribution in [2.75, 3.05) is 5.32 Å². The second kappa shape index (κ2) is 5.90. The van der Waals surface area contributed by atoms with Gasteiger partial charge in [0.15, 0.2) is 5.82 Å². The highest BCUT2D eigenvalue weighted by Gasteiger charge is 2.12. The van der Waals surface area contributed by atoms with Crippen molar-refractivity contribution in [2.45, 2.75) is 6.92 Å². The fourth-order valence-corrected chi connectivity index (χ4v) is 2.57. The summed E-state index contributed by atoms with van der Waals surface area (Å²) in [7, 11) is 0. The molecule has 1 N–H and O–H groups in total. The summed E-state index contributed by atoms with van der Waals surface area (Å²) in [5.41, 5.74) is 3.21. The van der Waals surface area contributed by atoms with Crippen molar-refractivity contribution in [3.8, 4) is 11.5 Å². The van der Waals surface area contributed by atoms with Crippen molar-refractivity contribution in [1.82, 2.24) is 24.6 Å². The Kier molecular flexibility index (Phi) is 3.59. The fourth-order valence-electron chi connectivity index (χ4n) is 2.41. The molecule has 0 aromatic carbocycles. The SMILES string of the molecule is Cc1cccc(-c2nc(Nc3ccncc3Cl)c3cccn3n2)n1. The maximum atomic E-state index is 6.19. The van der Waals surface area contributed by atoms with Gasteiger partial charge in [-0.1, -0.05) is 17.7 Å². The first-order valence-electron chi connectivity index (χ1n) is 7.37. The maximum Gasteiger partial charge on any atom is 0.200 e. The number of halogens is 1. The Bertz CT molecular complexity index is 1030. The van der Waals surface area contributed by atoms with Crippen molar-refractivity contribution in [3.63, 3.8) is 0 Å². The third kappa shape index (κ3) is 2.68. The molecule has 4 heterocycles. The minimum Gasteiger partial charge on any atom is -0.337 e. The Morgan fingerprint density at radius 1 is 1.08 bits per heavy atom. The number of nitrogens with zero attached hydrogens (tertiary/aromatic N) is 5. The predicted octanol–water partition coefficient (Wildman–Crippen LogP) is 3.89. The van der Waals surface area contributed by atoms with E-state index in [0.717, 1.165) is 22.6 Å². The number of aryl methyl sites for hydroxylation is 1. The van der Waals surface area contributed by atoms with E-state index in [4.69, 9.17) is 11.6 Å². The molecular formula is C17H13ClN6. The monoisotopic (exact) mass is 336 g/mol. The molecule has 0 spiro atoms. The third-order valence-electron chi connectivity index (χ3n) is 3.53. The van der Waals surface area contributed by atoms with Crippen LogP contribution in [0.1, 0.15) is 5.69 Å². The molecular weight excluding hydrogens is 324 g/mol. The molecule has 0 aliphatic rings. The first kappa shape index (κ1) is 14.6. The van der Waals surface area contributed by atoms with E-state index in [2.05, 4.69) is 25.4 Å². The van der Waals surface area contributed by atoms with Crippen LogP contribution in [0.4, 0.5) is 11.5 Å². The number of nitrogens with one attached hydrogen (secondary N) is 1. The van der Waals surface area contributed by atoms with Crippen molar-refractivity contribution in [1.29, 1.82) is 0 Å². The standard InChI is InChI=1S/C17H13ClN6/c1-11-4-2-5-14(20-11)16-22-17(15-6-3-9-24(15)23-16)21-13-7-8-19-10-12(13)18/h2-10H,1H3,(H,19,21,22,23). The maximum absolute atomic E-state index is 6.19. The highest BCUT2D eigenvalue weighted by atomic mass is 35.5. The Labute approximate surface area is 143 Å². The van der Waals surface area contributed by atoms with Crippen molar-refractivity contribution in [2.24, 2.45) is 0 Å². The lowest BCUT2D eigenvalue weighted by Crippen LogP contribution is -2.04. The molecule has 4 rings (SSSR count). The molecule has 0 fully saturated rings. The van der Waals surface area contributed by atoms with Crippen molar-refractivity contribution >= 4 is 28.6 Å². The molecule has 0 saturated carbocycles. The van der Waals surface area contributed by atoms with E-state index in [1.54, 1.807) is 23.0 Å². The van der Waals surface area contributed by atoms with E-state index in [-0.39, 0.29) is 0 Å². The summed E-state index contributed by atoms with van der Waals surface area (Å²) < 4.78 is 1.77. The highest BCUT2D eigenvalue weighted by Crippen LogP contribution is 2.27. The Balaban J connectivity index is 1.85. The summed E-state index contributed by atoms with van der Waals surface area (Å²) in [5, 5.41) is 8.31. The predicted molar refractivity (Wildman–Crippen MR) is 93.5 cm³/mol. The molecule has 4 aromatic heterocycles. The Morgan fingerprint density at radius 3 is 2.83 bits per heavy atom. The van der Waals surface area contributed by atoms with E-state index in [1.165, 1.54) is 0 Å². The molecule has 0 bridgehead atoms. The van der Waals surface area contributed by atoms with Gasteiger partial charge < -0.3 is 5.32 Å². The summed E-state index contributed by atoms with van der Waals surface area (Å²) in [6, 6.07) is 11.4. The van der Waals surface area contributed by atoms with E-state index in [9.17, 15) is 0 Å². The van der Waals surface area contributed by atoms with E-state index < -0.39 is 0 Å². The molecule has 0 radical (unpaired) electrons. The van der Waals surface area contributed by atoms with E-state index in [1.807, 2.05) is 43.5 Å². The number of anilines is 2. The zero-order chi connectivity index (χ0) is 16.5. The molecule has 4 aromatic rings. The van der Waals surface area contributed by atoms with Gasteiger partial charge in [-0.15, -0.1) is 5.10 Å². The molecule has 0 saturated heterocycles. The molecule has 0 unspecified atom stereocenters. The van der Waals surface area contributed by atoms with Gasteiger partial charge in [0.1, 0.15) is 11.2 Å². The topological polar surface area (TPSA) is 68.0 Å². The minimum atomic E-state index is 0.524. The van der Waals surface area contributed by atoms with Gasteiger partial charge in [-0.2, -0.15) is 0 Å². The number of hydrogen-bond donors (Lipinski definition) is 1. The van der Waals surface area contributed by atoms with Gasteiger partial charge in [-0.05, 0) is 37.3 Å². The summed E-state index contributed by atoms with van der Waals surface area (Å²) in [6.07, 6.45) is 5.13. The second-order valence-electron chi connectivity index (χ2n) is 5.27. The minimum absolute atomic E-state index is 0.524. The van der Waals surface area contributed by atoms with Crippen LogP contribution in [0.3, 0.4) is 0 Å². The van der Waals surface area contributed by atoms with Crippen molar-refractivity contribution in [3.05, 3.63) is 65.7 Å². The zero-order valence-electron chi connectivity index (χ0n) is 12.8. The molecule has 0 aliphatic heterocycles. The number of hydrogen-bond acceptors (Lipinski definition) is 5. The van der Waals surface area contributed by atoms with Gasteiger partial charge in [0.05, 0.1) is 10.7 Å². The van der Waals surface area contributed by atoms with Crippen LogP contribution in [0.2, 0.25) is 5.02 Å². The number of rotatable bonds is 3. The summed E-state index contributed by atoms with van der Waals surface area (Å²) in [6.45, 7) is 1.94. The molecule has 24 heavy (non-hydrogen) atoms. The summed E-state index contributed by atoms with van der Waals surface area (Å²) in [5.74, 6) is 1.19. The summed E-state index contributed by atoms with van der Waals surface area (Å²) >= 11 is 6.19. The smallest absolute Gasteiger partial charge is 0.200 e. The first-order chi connectivity index (χ1) is 11.7. The molecule has 118 valence electrons.